The second-order valence-corrected chi connectivity index (χ2v) is 8.53. The largest absolute Gasteiger partial charge is 0.481 e. The average Bonchev–Trinajstić information content (AvgIpc) is 3.26. The van der Waals surface area contributed by atoms with E-state index in [0.717, 1.165) is 32.1 Å². The molecule has 0 spiro atoms. The predicted octanol–water partition coefficient (Wildman–Crippen LogP) is 3.08. The van der Waals surface area contributed by atoms with E-state index >= 15 is 0 Å². The SMILES string of the molecule is CCCC(CC1(C(=O)NC2(CO)Cc3ccccc3C2)CCCC1)C(=O)O. The van der Waals surface area contributed by atoms with Crippen LogP contribution in [0.2, 0.25) is 0 Å². The van der Waals surface area contributed by atoms with Gasteiger partial charge in [-0.05, 0) is 49.7 Å². The van der Waals surface area contributed by atoms with Crippen molar-refractivity contribution in [3.05, 3.63) is 35.4 Å². The lowest BCUT2D eigenvalue weighted by Gasteiger charge is -2.36. The monoisotopic (exact) mass is 373 g/mol. The van der Waals surface area contributed by atoms with Gasteiger partial charge in [-0.3, -0.25) is 9.59 Å². The number of hydrogen-bond acceptors (Lipinski definition) is 3. The summed E-state index contributed by atoms with van der Waals surface area (Å²) in [6.07, 6.45) is 6.43. The number of aliphatic carboxylic acids is 1. The third kappa shape index (κ3) is 4.03. The summed E-state index contributed by atoms with van der Waals surface area (Å²) in [4.78, 5) is 25.1. The topological polar surface area (TPSA) is 86.6 Å². The van der Waals surface area contributed by atoms with Crippen molar-refractivity contribution < 1.29 is 19.8 Å². The number of fused-ring (bicyclic) bond motifs is 1. The van der Waals surface area contributed by atoms with Crippen LogP contribution in [0.15, 0.2) is 24.3 Å². The average molecular weight is 373 g/mol. The molecule has 1 aromatic carbocycles. The van der Waals surface area contributed by atoms with Crippen LogP contribution < -0.4 is 5.32 Å². The molecule has 27 heavy (non-hydrogen) atoms. The Balaban J connectivity index is 1.78. The van der Waals surface area contributed by atoms with Gasteiger partial charge in [0.15, 0.2) is 0 Å². The lowest BCUT2D eigenvalue weighted by molar-refractivity contribution is -0.145. The van der Waals surface area contributed by atoms with Crippen LogP contribution in [0.1, 0.15) is 63.0 Å². The van der Waals surface area contributed by atoms with E-state index in [1.54, 1.807) is 0 Å². The van der Waals surface area contributed by atoms with Crippen LogP contribution in [-0.2, 0) is 22.4 Å². The van der Waals surface area contributed by atoms with Crippen LogP contribution in [0.3, 0.4) is 0 Å². The zero-order valence-electron chi connectivity index (χ0n) is 16.2. The lowest BCUT2D eigenvalue weighted by atomic mass is 9.75. The molecule has 0 aromatic heterocycles. The first kappa shape index (κ1) is 19.9. The maximum atomic E-state index is 13.4. The number of carbonyl (C=O) groups is 2. The summed E-state index contributed by atoms with van der Waals surface area (Å²) >= 11 is 0. The van der Waals surface area contributed by atoms with Crippen LogP contribution in [0.25, 0.3) is 0 Å². The fourth-order valence-corrected chi connectivity index (χ4v) is 5.02. The Morgan fingerprint density at radius 2 is 1.74 bits per heavy atom. The molecule has 5 nitrogen and oxygen atoms in total. The summed E-state index contributed by atoms with van der Waals surface area (Å²) in [5.41, 5.74) is 1.05. The van der Waals surface area contributed by atoms with E-state index in [1.807, 2.05) is 31.2 Å². The molecule has 1 saturated carbocycles. The number of nitrogens with one attached hydrogen (secondary N) is 1. The van der Waals surface area contributed by atoms with Gasteiger partial charge in [-0.15, -0.1) is 0 Å². The van der Waals surface area contributed by atoms with Gasteiger partial charge in [0.1, 0.15) is 0 Å². The van der Waals surface area contributed by atoms with Crippen molar-refractivity contribution in [2.75, 3.05) is 6.61 Å². The summed E-state index contributed by atoms with van der Waals surface area (Å²) in [7, 11) is 0. The van der Waals surface area contributed by atoms with Gasteiger partial charge >= 0.3 is 5.97 Å². The quantitative estimate of drug-likeness (QED) is 0.653. The van der Waals surface area contributed by atoms with Crippen molar-refractivity contribution in [3.63, 3.8) is 0 Å². The molecule has 148 valence electrons. The maximum Gasteiger partial charge on any atom is 0.306 e. The highest BCUT2D eigenvalue weighted by atomic mass is 16.4. The Labute approximate surface area is 161 Å². The predicted molar refractivity (Wildman–Crippen MR) is 103 cm³/mol. The van der Waals surface area contributed by atoms with Crippen molar-refractivity contribution >= 4 is 11.9 Å². The minimum Gasteiger partial charge on any atom is -0.481 e. The van der Waals surface area contributed by atoms with E-state index in [-0.39, 0.29) is 12.5 Å². The smallest absolute Gasteiger partial charge is 0.306 e. The molecule has 0 aliphatic heterocycles. The molecule has 1 aromatic rings. The van der Waals surface area contributed by atoms with Crippen LogP contribution in [0, 0.1) is 11.3 Å². The van der Waals surface area contributed by atoms with E-state index in [9.17, 15) is 19.8 Å². The Morgan fingerprint density at radius 1 is 1.15 bits per heavy atom. The minimum absolute atomic E-state index is 0.0655. The molecular weight excluding hydrogens is 342 g/mol. The van der Waals surface area contributed by atoms with Gasteiger partial charge in [0.05, 0.1) is 23.5 Å². The molecule has 5 heteroatoms. The molecule has 0 heterocycles. The van der Waals surface area contributed by atoms with Gasteiger partial charge in [-0.25, -0.2) is 0 Å². The van der Waals surface area contributed by atoms with Crippen LogP contribution in [-0.4, -0.2) is 34.2 Å². The van der Waals surface area contributed by atoms with E-state index in [1.165, 1.54) is 11.1 Å². The number of amides is 1. The lowest BCUT2D eigenvalue weighted by Crippen LogP contribution is -2.56. The Hall–Kier alpha value is -1.88. The van der Waals surface area contributed by atoms with E-state index < -0.39 is 22.8 Å². The van der Waals surface area contributed by atoms with Gasteiger partial charge in [0.2, 0.25) is 5.91 Å². The fraction of sp³-hybridized carbons (Fsp3) is 0.636. The number of carboxylic acids is 1. The first-order valence-electron chi connectivity index (χ1n) is 10.2. The highest BCUT2D eigenvalue weighted by Crippen LogP contribution is 2.45. The number of hydrogen-bond donors (Lipinski definition) is 3. The third-order valence-electron chi connectivity index (χ3n) is 6.52. The molecule has 0 radical (unpaired) electrons. The molecule has 0 bridgehead atoms. The second-order valence-electron chi connectivity index (χ2n) is 8.53. The molecule has 1 unspecified atom stereocenters. The van der Waals surface area contributed by atoms with E-state index in [0.29, 0.717) is 25.7 Å². The molecule has 2 aliphatic rings. The van der Waals surface area contributed by atoms with Gasteiger partial charge in [-0.1, -0.05) is 50.5 Å². The van der Waals surface area contributed by atoms with Gasteiger partial charge in [-0.2, -0.15) is 0 Å². The van der Waals surface area contributed by atoms with Crippen LogP contribution in [0.4, 0.5) is 0 Å². The van der Waals surface area contributed by atoms with Crippen molar-refractivity contribution in [3.8, 4) is 0 Å². The minimum atomic E-state index is -0.805. The molecular formula is C22H31NO4. The Bertz CT molecular complexity index is 668. The van der Waals surface area contributed by atoms with E-state index in [4.69, 9.17) is 0 Å². The van der Waals surface area contributed by atoms with Gasteiger partial charge in [0, 0.05) is 0 Å². The summed E-state index contributed by atoms with van der Waals surface area (Å²) in [5, 5.41) is 22.9. The van der Waals surface area contributed by atoms with Crippen LogP contribution >= 0.6 is 0 Å². The number of benzene rings is 1. The first-order valence-corrected chi connectivity index (χ1v) is 10.2. The molecule has 3 rings (SSSR count). The number of aliphatic hydroxyl groups excluding tert-OH is 1. The number of rotatable bonds is 8. The molecule has 1 amide bonds. The van der Waals surface area contributed by atoms with Crippen molar-refractivity contribution in [2.24, 2.45) is 11.3 Å². The molecule has 2 aliphatic carbocycles. The highest BCUT2D eigenvalue weighted by molar-refractivity contribution is 5.85. The zero-order chi connectivity index (χ0) is 19.5. The summed E-state index contributed by atoms with van der Waals surface area (Å²) in [6.45, 7) is 1.87. The summed E-state index contributed by atoms with van der Waals surface area (Å²) < 4.78 is 0. The summed E-state index contributed by atoms with van der Waals surface area (Å²) in [5.74, 6) is -1.35. The Morgan fingerprint density at radius 3 is 2.22 bits per heavy atom. The van der Waals surface area contributed by atoms with Crippen molar-refractivity contribution in [1.82, 2.24) is 5.32 Å². The van der Waals surface area contributed by atoms with E-state index in [2.05, 4.69) is 5.32 Å². The zero-order valence-corrected chi connectivity index (χ0v) is 16.2. The second kappa shape index (κ2) is 8.01. The summed E-state index contributed by atoms with van der Waals surface area (Å²) in [6, 6.07) is 8.06. The van der Waals surface area contributed by atoms with Gasteiger partial charge < -0.3 is 15.5 Å². The maximum absolute atomic E-state index is 13.4. The molecule has 0 saturated heterocycles. The van der Waals surface area contributed by atoms with Gasteiger partial charge in [0.25, 0.3) is 0 Å². The van der Waals surface area contributed by atoms with Crippen molar-refractivity contribution in [2.45, 2.75) is 70.3 Å². The number of carbonyl (C=O) groups excluding carboxylic acids is 1. The normalized spacial score (nSPS) is 20.8. The molecule has 1 atom stereocenters. The molecule has 3 N–H and O–H groups in total. The Kier molecular flexibility index (Phi) is 5.89. The first-order chi connectivity index (χ1) is 12.9. The fourth-order valence-electron chi connectivity index (χ4n) is 5.02. The van der Waals surface area contributed by atoms with Crippen LogP contribution in [0.5, 0.6) is 0 Å². The molecule has 1 fully saturated rings. The van der Waals surface area contributed by atoms with Crippen molar-refractivity contribution in [1.29, 1.82) is 0 Å². The number of carboxylic acid groups (broad SMARTS) is 1. The third-order valence-corrected chi connectivity index (χ3v) is 6.52. The highest BCUT2D eigenvalue weighted by Gasteiger charge is 2.47. The number of aliphatic hydroxyl groups is 1. The standard InChI is InChI=1S/C22H31NO4/c1-2-7-18(19(25)26)12-21(10-5-6-11-21)20(27)23-22(15-24)13-16-8-3-4-9-17(16)14-22/h3-4,8-9,18,24H,2,5-7,10-15H2,1H3,(H,23,27)(H,25,26).